The van der Waals surface area contributed by atoms with Crippen LogP contribution in [0.3, 0.4) is 0 Å². The molecule has 0 saturated heterocycles. The molecule has 0 aromatic carbocycles. The second kappa shape index (κ2) is 3.18. The van der Waals surface area contributed by atoms with E-state index in [0.29, 0.717) is 5.15 Å². The number of hydrogen-bond donors (Lipinski definition) is 0. The fourth-order valence-electron chi connectivity index (χ4n) is 1.12. The SMILES string of the molecule is Cn1cc(-c2cccc(Cl)n2)cn1. The molecular weight excluding hydrogens is 186 g/mol. The minimum atomic E-state index is 0.501. The van der Waals surface area contributed by atoms with Crippen LogP contribution in [0, 0.1) is 0 Å². The van der Waals surface area contributed by atoms with Crippen LogP contribution >= 0.6 is 11.6 Å². The third-order valence-electron chi connectivity index (χ3n) is 1.72. The molecule has 0 aliphatic rings. The van der Waals surface area contributed by atoms with Gasteiger partial charge in [-0.3, -0.25) is 4.68 Å². The lowest BCUT2D eigenvalue weighted by atomic mass is 10.2. The van der Waals surface area contributed by atoms with Crippen molar-refractivity contribution in [3.63, 3.8) is 0 Å². The zero-order chi connectivity index (χ0) is 9.26. The summed E-state index contributed by atoms with van der Waals surface area (Å²) in [5.74, 6) is 0. The van der Waals surface area contributed by atoms with Gasteiger partial charge in [0.2, 0.25) is 0 Å². The average molecular weight is 194 g/mol. The predicted octanol–water partition coefficient (Wildman–Crippen LogP) is 2.14. The molecule has 0 aliphatic carbocycles. The number of aromatic nitrogens is 3. The number of rotatable bonds is 1. The maximum absolute atomic E-state index is 5.76. The Kier molecular flexibility index (Phi) is 2.02. The Labute approximate surface area is 81.0 Å². The highest BCUT2D eigenvalue weighted by atomic mass is 35.5. The monoisotopic (exact) mass is 193 g/mol. The van der Waals surface area contributed by atoms with Gasteiger partial charge in [-0.15, -0.1) is 0 Å². The molecule has 0 unspecified atom stereocenters. The summed E-state index contributed by atoms with van der Waals surface area (Å²) in [6, 6.07) is 5.53. The Morgan fingerprint density at radius 2 is 2.23 bits per heavy atom. The van der Waals surface area contributed by atoms with E-state index in [1.165, 1.54) is 0 Å². The van der Waals surface area contributed by atoms with Gasteiger partial charge < -0.3 is 0 Å². The summed E-state index contributed by atoms with van der Waals surface area (Å²) < 4.78 is 1.73. The highest BCUT2D eigenvalue weighted by Crippen LogP contribution is 2.17. The van der Waals surface area contributed by atoms with Crippen LogP contribution < -0.4 is 0 Å². The Balaban J connectivity index is 2.46. The van der Waals surface area contributed by atoms with Gasteiger partial charge in [-0.1, -0.05) is 17.7 Å². The zero-order valence-corrected chi connectivity index (χ0v) is 7.86. The molecule has 0 saturated carbocycles. The highest BCUT2D eigenvalue weighted by molar-refractivity contribution is 6.29. The summed E-state index contributed by atoms with van der Waals surface area (Å²) in [5.41, 5.74) is 1.82. The second-order valence-electron chi connectivity index (χ2n) is 2.75. The normalized spacial score (nSPS) is 10.3. The molecule has 0 amide bonds. The Morgan fingerprint density at radius 1 is 1.38 bits per heavy atom. The van der Waals surface area contributed by atoms with Gasteiger partial charge in [-0.25, -0.2) is 4.98 Å². The lowest BCUT2D eigenvalue weighted by Crippen LogP contribution is -1.84. The fraction of sp³-hybridized carbons (Fsp3) is 0.111. The summed E-state index contributed by atoms with van der Waals surface area (Å²) in [7, 11) is 1.87. The molecule has 0 fully saturated rings. The number of halogens is 1. The fourth-order valence-corrected chi connectivity index (χ4v) is 1.29. The zero-order valence-electron chi connectivity index (χ0n) is 7.11. The molecule has 2 aromatic rings. The molecule has 2 heterocycles. The van der Waals surface area contributed by atoms with Crippen LogP contribution in [0.4, 0.5) is 0 Å². The first-order chi connectivity index (χ1) is 6.25. The molecule has 66 valence electrons. The Bertz CT molecular complexity index is 422. The molecule has 4 heteroatoms. The molecule has 3 nitrogen and oxygen atoms in total. The van der Waals surface area contributed by atoms with Crippen LogP contribution in [0.25, 0.3) is 11.3 Å². The van der Waals surface area contributed by atoms with E-state index in [9.17, 15) is 0 Å². The molecule has 0 spiro atoms. The minimum absolute atomic E-state index is 0.501. The number of pyridine rings is 1. The first-order valence-corrected chi connectivity index (χ1v) is 4.25. The van der Waals surface area contributed by atoms with Gasteiger partial charge in [0.15, 0.2) is 0 Å². The number of hydrogen-bond acceptors (Lipinski definition) is 2. The van der Waals surface area contributed by atoms with Crippen molar-refractivity contribution in [2.45, 2.75) is 0 Å². The van der Waals surface area contributed by atoms with Crippen LogP contribution in [0.15, 0.2) is 30.6 Å². The molecule has 0 radical (unpaired) electrons. The molecular formula is C9H8ClN3. The van der Waals surface area contributed by atoms with Gasteiger partial charge in [0.25, 0.3) is 0 Å². The van der Waals surface area contributed by atoms with Crippen LogP contribution in [-0.4, -0.2) is 14.8 Å². The van der Waals surface area contributed by atoms with Gasteiger partial charge in [0, 0.05) is 18.8 Å². The maximum atomic E-state index is 5.76. The van der Waals surface area contributed by atoms with E-state index in [4.69, 9.17) is 11.6 Å². The van der Waals surface area contributed by atoms with Crippen molar-refractivity contribution in [2.75, 3.05) is 0 Å². The van der Waals surface area contributed by atoms with Gasteiger partial charge in [-0.05, 0) is 12.1 Å². The van der Waals surface area contributed by atoms with E-state index in [1.54, 1.807) is 16.9 Å². The van der Waals surface area contributed by atoms with Crippen LogP contribution in [-0.2, 0) is 7.05 Å². The van der Waals surface area contributed by atoms with Crippen molar-refractivity contribution < 1.29 is 0 Å². The average Bonchev–Trinajstić information content (AvgIpc) is 2.52. The van der Waals surface area contributed by atoms with Crippen molar-refractivity contribution in [3.8, 4) is 11.3 Å². The first-order valence-electron chi connectivity index (χ1n) is 3.87. The molecule has 0 bridgehead atoms. The smallest absolute Gasteiger partial charge is 0.129 e. The summed E-state index contributed by atoms with van der Waals surface area (Å²) >= 11 is 5.76. The van der Waals surface area contributed by atoms with Gasteiger partial charge in [-0.2, -0.15) is 5.10 Å². The third-order valence-corrected chi connectivity index (χ3v) is 1.93. The molecule has 0 N–H and O–H groups in total. The summed E-state index contributed by atoms with van der Waals surface area (Å²) in [5, 5.41) is 4.56. The van der Waals surface area contributed by atoms with Gasteiger partial charge in [0.05, 0.1) is 11.9 Å². The second-order valence-corrected chi connectivity index (χ2v) is 3.14. The van der Waals surface area contributed by atoms with E-state index >= 15 is 0 Å². The lowest BCUT2D eigenvalue weighted by Gasteiger charge is -1.95. The third kappa shape index (κ3) is 1.70. The summed E-state index contributed by atoms with van der Waals surface area (Å²) in [6.07, 6.45) is 3.66. The van der Waals surface area contributed by atoms with Crippen molar-refractivity contribution in [2.24, 2.45) is 7.05 Å². The van der Waals surface area contributed by atoms with Crippen molar-refractivity contribution in [1.29, 1.82) is 0 Å². The van der Waals surface area contributed by atoms with Gasteiger partial charge in [0.1, 0.15) is 5.15 Å². The van der Waals surface area contributed by atoms with E-state index in [2.05, 4.69) is 10.1 Å². The lowest BCUT2D eigenvalue weighted by molar-refractivity contribution is 0.768. The predicted molar refractivity (Wildman–Crippen MR) is 51.4 cm³/mol. The van der Waals surface area contributed by atoms with Crippen molar-refractivity contribution in [3.05, 3.63) is 35.7 Å². The van der Waals surface area contributed by atoms with Crippen LogP contribution in [0.5, 0.6) is 0 Å². The van der Waals surface area contributed by atoms with Crippen molar-refractivity contribution in [1.82, 2.24) is 14.8 Å². The van der Waals surface area contributed by atoms with E-state index in [0.717, 1.165) is 11.3 Å². The van der Waals surface area contributed by atoms with E-state index in [1.807, 2.05) is 25.4 Å². The van der Waals surface area contributed by atoms with Crippen LogP contribution in [0.1, 0.15) is 0 Å². The standard InChI is InChI=1S/C9H8ClN3/c1-13-6-7(5-11-13)8-3-2-4-9(10)12-8/h2-6H,1H3. The van der Waals surface area contributed by atoms with Crippen molar-refractivity contribution >= 4 is 11.6 Å². The quantitative estimate of drug-likeness (QED) is 0.650. The molecule has 2 rings (SSSR count). The van der Waals surface area contributed by atoms with Crippen LogP contribution in [0.2, 0.25) is 5.15 Å². The largest absolute Gasteiger partial charge is 0.275 e. The van der Waals surface area contributed by atoms with E-state index < -0.39 is 0 Å². The Hall–Kier alpha value is -1.35. The van der Waals surface area contributed by atoms with E-state index in [-0.39, 0.29) is 0 Å². The van der Waals surface area contributed by atoms with Gasteiger partial charge >= 0.3 is 0 Å². The Morgan fingerprint density at radius 3 is 2.85 bits per heavy atom. The minimum Gasteiger partial charge on any atom is -0.275 e. The molecule has 13 heavy (non-hydrogen) atoms. The molecule has 0 atom stereocenters. The maximum Gasteiger partial charge on any atom is 0.129 e. The number of nitrogens with zero attached hydrogens (tertiary/aromatic N) is 3. The molecule has 0 aliphatic heterocycles. The topological polar surface area (TPSA) is 30.7 Å². The molecule has 2 aromatic heterocycles. The highest BCUT2D eigenvalue weighted by Gasteiger charge is 2.01. The summed E-state index contributed by atoms with van der Waals surface area (Å²) in [4.78, 5) is 4.17. The number of aryl methyl sites for hydroxylation is 1. The summed E-state index contributed by atoms with van der Waals surface area (Å²) in [6.45, 7) is 0. The first kappa shape index (κ1) is 8.26.